The third-order valence-corrected chi connectivity index (χ3v) is 2.61. The summed E-state index contributed by atoms with van der Waals surface area (Å²) in [7, 11) is 0. The van der Waals surface area contributed by atoms with Crippen molar-refractivity contribution in [3.63, 3.8) is 0 Å². The molecule has 0 bridgehead atoms. The molecule has 1 heterocycles. The number of hydrogen-bond donors (Lipinski definition) is 1. The third-order valence-electron chi connectivity index (χ3n) is 2.61. The fourth-order valence-corrected chi connectivity index (χ4v) is 1.74. The van der Waals surface area contributed by atoms with E-state index in [2.05, 4.69) is 0 Å². The van der Waals surface area contributed by atoms with E-state index in [9.17, 15) is 4.79 Å². The lowest BCUT2D eigenvalue weighted by atomic mass is 9.99. The summed E-state index contributed by atoms with van der Waals surface area (Å²) in [5.41, 5.74) is 6.40. The second-order valence-electron chi connectivity index (χ2n) is 3.65. The Morgan fingerprint density at radius 2 is 2.24 bits per heavy atom. The first-order valence-corrected chi connectivity index (χ1v) is 5.52. The molecule has 0 fully saturated rings. The first-order chi connectivity index (χ1) is 8.26. The van der Waals surface area contributed by atoms with E-state index in [1.807, 2.05) is 6.07 Å². The number of hydrogen-bond acceptors (Lipinski definition) is 5. The lowest BCUT2D eigenvalue weighted by Crippen LogP contribution is -2.23. The molecule has 0 amide bonds. The molecule has 0 saturated carbocycles. The Bertz CT molecular complexity index is 419. The zero-order valence-corrected chi connectivity index (χ0v) is 9.64. The second-order valence-corrected chi connectivity index (χ2v) is 3.65. The predicted octanol–water partition coefficient (Wildman–Crippen LogP) is 1.02. The molecular weight excluding hydrogens is 222 g/mol. The topological polar surface area (TPSA) is 70.8 Å². The van der Waals surface area contributed by atoms with Crippen molar-refractivity contribution < 1.29 is 19.0 Å². The van der Waals surface area contributed by atoms with Gasteiger partial charge in [-0.25, -0.2) is 0 Å². The van der Waals surface area contributed by atoms with Crippen LogP contribution in [0.25, 0.3) is 0 Å². The van der Waals surface area contributed by atoms with E-state index in [-0.39, 0.29) is 19.3 Å². The summed E-state index contributed by atoms with van der Waals surface area (Å²) in [4.78, 5) is 11.7. The number of fused-ring (bicyclic) bond motifs is 1. The van der Waals surface area contributed by atoms with Crippen LogP contribution in [0.3, 0.4) is 0 Å². The smallest absolute Gasteiger partial charge is 0.314 e. The predicted molar refractivity (Wildman–Crippen MR) is 61.0 cm³/mol. The van der Waals surface area contributed by atoms with Crippen molar-refractivity contribution in [2.24, 2.45) is 5.73 Å². The normalized spacial score (nSPS) is 14.5. The molecule has 1 aliphatic rings. The highest BCUT2D eigenvalue weighted by atomic mass is 16.7. The van der Waals surface area contributed by atoms with Gasteiger partial charge in [0.15, 0.2) is 11.5 Å². The van der Waals surface area contributed by atoms with Crippen LogP contribution in [-0.4, -0.2) is 25.9 Å². The highest BCUT2D eigenvalue weighted by Gasteiger charge is 2.23. The van der Waals surface area contributed by atoms with Crippen LogP contribution < -0.4 is 15.2 Å². The van der Waals surface area contributed by atoms with Gasteiger partial charge in [0.25, 0.3) is 0 Å². The number of ether oxygens (including phenoxy) is 3. The van der Waals surface area contributed by atoms with Crippen LogP contribution in [0.2, 0.25) is 0 Å². The first kappa shape index (κ1) is 11.7. The van der Waals surface area contributed by atoms with Gasteiger partial charge in [0.05, 0.1) is 12.5 Å². The summed E-state index contributed by atoms with van der Waals surface area (Å²) in [6, 6.07) is 5.36. The van der Waals surface area contributed by atoms with Gasteiger partial charge in [0.2, 0.25) is 6.79 Å². The standard InChI is InChI=1S/C12H15NO4/c1-2-15-12(14)9(6-13)8-3-4-10-11(5-8)17-7-16-10/h3-5,9H,2,6-7,13H2,1H3/t9-/m1/s1. The maximum absolute atomic E-state index is 11.7. The van der Waals surface area contributed by atoms with E-state index >= 15 is 0 Å². The molecule has 1 atom stereocenters. The molecule has 0 spiro atoms. The number of carbonyl (C=O) groups excluding carboxylic acids is 1. The maximum atomic E-state index is 11.7. The van der Waals surface area contributed by atoms with E-state index < -0.39 is 5.92 Å². The Balaban J connectivity index is 2.22. The largest absolute Gasteiger partial charge is 0.465 e. The quantitative estimate of drug-likeness (QED) is 0.792. The molecule has 5 heteroatoms. The van der Waals surface area contributed by atoms with E-state index in [0.717, 1.165) is 5.56 Å². The Morgan fingerprint density at radius 3 is 2.94 bits per heavy atom. The molecule has 0 saturated heterocycles. The van der Waals surface area contributed by atoms with E-state index in [4.69, 9.17) is 19.9 Å². The number of benzene rings is 1. The fraction of sp³-hybridized carbons (Fsp3) is 0.417. The van der Waals surface area contributed by atoms with Gasteiger partial charge in [0.1, 0.15) is 0 Å². The van der Waals surface area contributed by atoms with Gasteiger partial charge in [0, 0.05) is 6.54 Å². The van der Waals surface area contributed by atoms with Gasteiger partial charge in [-0.1, -0.05) is 6.07 Å². The van der Waals surface area contributed by atoms with Crippen LogP contribution in [0.5, 0.6) is 11.5 Å². The molecule has 1 aromatic rings. The zero-order valence-electron chi connectivity index (χ0n) is 9.64. The summed E-state index contributed by atoms with van der Waals surface area (Å²) in [5.74, 6) is 0.567. The van der Waals surface area contributed by atoms with Crippen LogP contribution in [-0.2, 0) is 9.53 Å². The summed E-state index contributed by atoms with van der Waals surface area (Å²) in [6.07, 6.45) is 0. The minimum Gasteiger partial charge on any atom is -0.465 e. The molecule has 0 unspecified atom stereocenters. The molecular formula is C12H15NO4. The van der Waals surface area contributed by atoms with Gasteiger partial charge in [-0.2, -0.15) is 0 Å². The van der Waals surface area contributed by atoms with Crippen molar-refractivity contribution in [3.05, 3.63) is 23.8 Å². The Labute approximate surface area is 99.5 Å². The molecule has 2 N–H and O–H groups in total. The lowest BCUT2D eigenvalue weighted by molar-refractivity contribution is -0.144. The highest BCUT2D eigenvalue weighted by Crippen LogP contribution is 2.34. The zero-order chi connectivity index (χ0) is 12.3. The van der Waals surface area contributed by atoms with Crippen LogP contribution in [0.15, 0.2) is 18.2 Å². The van der Waals surface area contributed by atoms with Crippen molar-refractivity contribution in [3.8, 4) is 11.5 Å². The van der Waals surface area contributed by atoms with Gasteiger partial charge in [-0.05, 0) is 24.6 Å². The molecule has 92 valence electrons. The van der Waals surface area contributed by atoms with Crippen LogP contribution in [0.1, 0.15) is 18.4 Å². The summed E-state index contributed by atoms with van der Waals surface area (Å²) >= 11 is 0. The van der Waals surface area contributed by atoms with E-state index in [0.29, 0.717) is 18.1 Å². The molecule has 0 aliphatic carbocycles. The SMILES string of the molecule is CCOC(=O)[C@H](CN)c1ccc2c(c1)OCO2. The van der Waals surface area contributed by atoms with Crippen LogP contribution >= 0.6 is 0 Å². The van der Waals surface area contributed by atoms with E-state index in [1.54, 1.807) is 19.1 Å². The van der Waals surface area contributed by atoms with Gasteiger partial charge in [-0.15, -0.1) is 0 Å². The molecule has 2 rings (SSSR count). The Kier molecular flexibility index (Phi) is 3.49. The van der Waals surface area contributed by atoms with Crippen molar-refractivity contribution >= 4 is 5.97 Å². The number of nitrogens with two attached hydrogens (primary N) is 1. The summed E-state index contributed by atoms with van der Waals surface area (Å²) in [5, 5.41) is 0. The van der Waals surface area contributed by atoms with Gasteiger partial charge < -0.3 is 19.9 Å². The molecule has 1 aromatic carbocycles. The minimum atomic E-state index is -0.454. The van der Waals surface area contributed by atoms with Crippen molar-refractivity contribution in [2.45, 2.75) is 12.8 Å². The maximum Gasteiger partial charge on any atom is 0.314 e. The fourth-order valence-electron chi connectivity index (χ4n) is 1.74. The average molecular weight is 237 g/mol. The molecule has 1 aliphatic heterocycles. The van der Waals surface area contributed by atoms with Crippen molar-refractivity contribution in [1.29, 1.82) is 0 Å². The Hall–Kier alpha value is -1.75. The van der Waals surface area contributed by atoms with Gasteiger partial charge in [-0.3, -0.25) is 4.79 Å². The van der Waals surface area contributed by atoms with Crippen LogP contribution in [0, 0.1) is 0 Å². The number of rotatable bonds is 4. The summed E-state index contributed by atoms with van der Waals surface area (Å²) < 4.78 is 15.4. The lowest BCUT2D eigenvalue weighted by Gasteiger charge is -2.14. The highest BCUT2D eigenvalue weighted by molar-refractivity contribution is 5.78. The molecule has 17 heavy (non-hydrogen) atoms. The first-order valence-electron chi connectivity index (χ1n) is 5.52. The molecule has 0 radical (unpaired) electrons. The van der Waals surface area contributed by atoms with Crippen LogP contribution in [0.4, 0.5) is 0 Å². The minimum absolute atomic E-state index is 0.207. The Morgan fingerprint density at radius 1 is 1.47 bits per heavy atom. The van der Waals surface area contributed by atoms with Gasteiger partial charge >= 0.3 is 5.97 Å². The second kappa shape index (κ2) is 5.05. The molecule has 5 nitrogen and oxygen atoms in total. The van der Waals surface area contributed by atoms with Crippen molar-refractivity contribution in [2.75, 3.05) is 19.9 Å². The number of carbonyl (C=O) groups is 1. The monoisotopic (exact) mass is 237 g/mol. The van der Waals surface area contributed by atoms with Crippen molar-refractivity contribution in [1.82, 2.24) is 0 Å². The summed E-state index contributed by atoms with van der Waals surface area (Å²) in [6.45, 7) is 2.54. The third kappa shape index (κ3) is 2.34. The molecule has 0 aromatic heterocycles. The van der Waals surface area contributed by atoms with E-state index in [1.165, 1.54) is 0 Å². The number of esters is 1. The average Bonchev–Trinajstić information content (AvgIpc) is 2.77.